The lowest BCUT2D eigenvalue weighted by molar-refractivity contribution is 0.0355. The van der Waals surface area contributed by atoms with Gasteiger partial charge in [-0.05, 0) is 37.1 Å². The Morgan fingerprint density at radius 1 is 1.20 bits per heavy atom. The Hall–Kier alpha value is -1.45. The average molecular weight is 272 g/mol. The molecular formula is C17H24N2O. The number of likely N-dealkylation sites (N-methyl/N-ethyl adjacent to an activating group) is 1. The van der Waals surface area contributed by atoms with E-state index in [4.69, 9.17) is 4.74 Å². The van der Waals surface area contributed by atoms with Crippen LogP contribution < -0.4 is 5.32 Å². The molecule has 0 aliphatic heterocycles. The van der Waals surface area contributed by atoms with Gasteiger partial charge in [0, 0.05) is 24.7 Å². The van der Waals surface area contributed by atoms with E-state index in [2.05, 4.69) is 48.4 Å². The van der Waals surface area contributed by atoms with Gasteiger partial charge >= 0.3 is 0 Å². The van der Waals surface area contributed by atoms with Crippen molar-refractivity contribution in [1.82, 2.24) is 10.3 Å². The molecule has 0 aliphatic carbocycles. The molecule has 0 saturated carbocycles. The standard InChI is InChI=1S/C17H24N2O/c1-12(2)17(20-4)16(18-3)11-13-9-10-19-15-8-6-5-7-14(13)15/h5-10,12,16-18H,11H2,1-4H3. The third-order valence-corrected chi connectivity index (χ3v) is 3.88. The van der Waals surface area contributed by atoms with E-state index in [1.165, 1.54) is 10.9 Å². The van der Waals surface area contributed by atoms with E-state index in [1.807, 2.05) is 19.3 Å². The molecule has 0 saturated heterocycles. The van der Waals surface area contributed by atoms with Gasteiger partial charge in [-0.3, -0.25) is 4.98 Å². The van der Waals surface area contributed by atoms with E-state index >= 15 is 0 Å². The Balaban J connectivity index is 2.30. The first-order chi connectivity index (χ1) is 9.67. The molecule has 0 aliphatic rings. The number of pyridine rings is 1. The monoisotopic (exact) mass is 272 g/mol. The number of methoxy groups -OCH3 is 1. The molecule has 3 nitrogen and oxygen atoms in total. The third kappa shape index (κ3) is 3.17. The number of nitrogens with one attached hydrogen (secondary N) is 1. The molecule has 2 rings (SSSR count). The second kappa shape index (κ2) is 6.82. The first-order valence-corrected chi connectivity index (χ1v) is 7.20. The maximum atomic E-state index is 5.67. The summed E-state index contributed by atoms with van der Waals surface area (Å²) in [5.74, 6) is 0.477. The molecule has 0 amide bonds. The summed E-state index contributed by atoms with van der Waals surface area (Å²) < 4.78 is 5.67. The molecule has 2 atom stereocenters. The molecule has 0 radical (unpaired) electrons. The van der Waals surface area contributed by atoms with Crippen molar-refractivity contribution in [3.8, 4) is 0 Å². The minimum atomic E-state index is 0.201. The lowest BCUT2D eigenvalue weighted by atomic mass is 9.93. The average Bonchev–Trinajstić information content (AvgIpc) is 2.46. The number of nitrogens with zero attached hydrogens (tertiary/aromatic N) is 1. The molecule has 3 heteroatoms. The van der Waals surface area contributed by atoms with Crippen LogP contribution in [-0.4, -0.2) is 31.3 Å². The molecule has 0 fully saturated rings. The lowest BCUT2D eigenvalue weighted by Crippen LogP contribution is -2.43. The van der Waals surface area contributed by atoms with Crippen molar-refractivity contribution >= 4 is 10.9 Å². The fourth-order valence-corrected chi connectivity index (χ4v) is 2.85. The van der Waals surface area contributed by atoms with Crippen molar-refractivity contribution in [3.05, 3.63) is 42.1 Å². The summed E-state index contributed by atoms with van der Waals surface area (Å²) in [4.78, 5) is 4.42. The second-order valence-electron chi connectivity index (χ2n) is 5.53. The number of fused-ring (bicyclic) bond motifs is 1. The smallest absolute Gasteiger partial charge is 0.0750 e. The van der Waals surface area contributed by atoms with Crippen molar-refractivity contribution in [1.29, 1.82) is 0 Å². The Bertz CT molecular complexity index is 548. The van der Waals surface area contributed by atoms with Crippen LogP contribution in [0.1, 0.15) is 19.4 Å². The minimum absolute atomic E-state index is 0.201. The van der Waals surface area contributed by atoms with Gasteiger partial charge in [-0.15, -0.1) is 0 Å². The van der Waals surface area contributed by atoms with E-state index in [0.29, 0.717) is 12.0 Å². The van der Waals surface area contributed by atoms with Crippen LogP contribution >= 0.6 is 0 Å². The maximum absolute atomic E-state index is 5.67. The molecule has 108 valence electrons. The molecule has 20 heavy (non-hydrogen) atoms. The minimum Gasteiger partial charge on any atom is -0.380 e. The highest BCUT2D eigenvalue weighted by atomic mass is 16.5. The Labute approximate surface area is 121 Å². The van der Waals surface area contributed by atoms with E-state index in [0.717, 1.165) is 11.9 Å². The summed E-state index contributed by atoms with van der Waals surface area (Å²) in [6, 6.07) is 10.7. The zero-order valence-corrected chi connectivity index (χ0v) is 12.8. The van der Waals surface area contributed by atoms with Gasteiger partial charge < -0.3 is 10.1 Å². The molecule has 1 aromatic heterocycles. The summed E-state index contributed by atoms with van der Waals surface area (Å²) in [5.41, 5.74) is 2.37. The number of aromatic nitrogens is 1. The molecule has 2 aromatic rings. The highest BCUT2D eigenvalue weighted by Crippen LogP contribution is 2.20. The summed E-state index contributed by atoms with van der Waals surface area (Å²) >= 11 is 0. The summed E-state index contributed by atoms with van der Waals surface area (Å²) in [5, 5.41) is 4.63. The largest absolute Gasteiger partial charge is 0.380 e. The van der Waals surface area contributed by atoms with Crippen molar-refractivity contribution in [2.45, 2.75) is 32.4 Å². The number of ether oxygens (including phenoxy) is 1. The third-order valence-electron chi connectivity index (χ3n) is 3.88. The normalized spacial score (nSPS) is 14.7. The van der Waals surface area contributed by atoms with Crippen LogP contribution in [0.3, 0.4) is 0 Å². The maximum Gasteiger partial charge on any atom is 0.0750 e. The molecular weight excluding hydrogens is 248 g/mol. The summed E-state index contributed by atoms with van der Waals surface area (Å²) in [6.45, 7) is 4.40. The molecule has 1 N–H and O–H groups in total. The van der Waals surface area contributed by atoms with Gasteiger partial charge in [-0.25, -0.2) is 0 Å². The Kier molecular flexibility index (Phi) is 5.10. The highest BCUT2D eigenvalue weighted by Gasteiger charge is 2.23. The van der Waals surface area contributed by atoms with Crippen LogP contribution in [0, 0.1) is 5.92 Å². The van der Waals surface area contributed by atoms with Crippen molar-refractivity contribution in [2.75, 3.05) is 14.2 Å². The van der Waals surface area contributed by atoms with Gasteiger partial charge in [0.2, 0.25) is 0 Å². The SMILES string of the molecule is CNC(Cc1ccnc2ccccc12)C(OC)C(C)C. The van der Waals surface area contributed by atoms with Crippen LogP contribution in [0.15, 0.2) is 36.5 Å². The quantitative estimate of drug-likeness (QED) is 0.877. The fourth-order valence-electron chi connectivity index (χ4n) is 2.85. The van der Waals surface area contributed by atoms with Gasteiger partial charge in [0.05, 0.1) is 11.6 Å². The van der Waals surface area contributed by atoms with Gasteiger partial charge in [-0.2, -0.15) is 0 Å². The molecule has 0 spiro atoms. The number of hydrogen-bond acceptors (Lipinski definition) is 3. The van der Waals surface area contributed by atoms with Crippen molar-refractivity contribution in [2.24, 2.45) is 5.92 Å². The highest BCUT2D eigenvalue weighted by molar-refractivity contribution is 5.81. The number of hydrogen-bond donors (Lipinski definition) is 1. The first-order valence-electron chi connectivity index (χ1n) is 7.20. The van der Waals surface area contributed by atoms with E-state index in [1.54, 1.807) is 7.11 Å². The van der Waals surface area contributed by atoms with Gasteiger partial charge in [0.1, 0.15) is 0 Å². The fraction of sp³-hybridized carbons (Fsp3) is 0.471. The molecule has 2 unspecified atom stereocenters. The van der Waals surface area contributed by atoms with E-state index in [-0.39, 0.29) is 6.10 Å². The number of para-hydroxylation sites is 1. The predicted octanol–water partition coefficient (Wildman–Crippen LogP) is 3.04. The topological polar surface area (TPSA) is 34.2 Å². The molecule has 1 heterocycles. The molecule has 1 aromatic carbocycles. The second-order valence-corrected chi connectivity index (χ2v) is 5.53. The van der Waals surface area contributed by atoms with Crippen LogP contribution in [-0.2, 0) is 11.2 Å². The first kappa shape index (κ1) is 14.9. The van der Waals surface area contributed by atoms with Gasteiger partial charge in [0.25, 0.3) is 0 Å². The summed E-state index contributed by atoms with van der Waals surface area (Å²) in [7, 11) is 3.79. The van der Waals surface area contributed by atoms with E-state index < -0.39 is 0 Å². The zero-order valence-electron chi connectivity index (χ0n) is 12.8. The van der Waals surface area contributed by atoms with Crippen molar-refractivity contribution in [3.63, 3.8) is 0 Å². The number of rotatable bonds is 6. The molecule has 0 bridgehead atoms. The summed E-state index contributed by atoms with van der Waals surface area (Å²) in [6.07, 6.45) is 3.03. The lowest BCUT2D eigenvalue weighted by Gasteiger charge is -2.29. The Morgan fingerprint density at radius 2 is 1.95 bits per heavy atom. The Morgan fingerprint density at radius 3 is 2.60 bits per heavy atom. The predicted molar refractivity (Wildman–Crippen MR) is 83.9 cm³/mol. The van der Waals surface area contributed by atoms with Gasteiger partial charge in [-0.1, -0.05) is 32.0 Å². The van der Waals surface area contributed by atoms with Crippen LogP contribution in [0.25, 0.3) is 10.9 Å². The zero-order chi connectivity index (χ0) is 14.5. The van der Waals surface area contributed by atoms with E-state index in [9.17, 15) is 0 Å². The number of benzene rings is 1. The van der Waals surface area contributed by atoms with Gasteiger partial charge in [0.15, 0.2) is 0 Å². The van der Waals surface area contributed by atoms with Crippen molar-refractivity contribution < 1.29 is 4.74 Å². The van der Waals surface area contributed by atoms with Crippen LogP contribution in [0.4, 0.5) is 0 Å². The van der Waals surface area contributed by atoms with Crippen LogP contribution in [0.5, 0.6) is 0 Å². The van der Waals surface area contributed by atoms with Crippen LogP contribution in [0.2, 0.25) is 0 Å².